The van der Waals surface area contributed by atoms with Gasteiger partial charge in [0.25, 0.3) is 0 Å². The minimum absolute atomic E-state index is 0.772. The molecule has 0 saturated carbocycles. The number of rotatable bonds is 4. The van der Waals surface area contributed by atoms with Crippen LogP contribution in [0.3, 0.4) is 0 Å². The number of benzene rings is 2. The van der Waals surface area contributed by atoms with E-state index in [1.165, 1.54) is 17.5 Å². The maximum absolute atomic E-state index is 4.72. The molecule has 0 aromatic heterocycles. The van der Waals surface area contributed by atoms with E-state index in [2.05, 4.69) is 37.0 Å². The SMILES string of the molecule is CCCc1ccc(C(C)=NC(=NC)c2ccccc2)cc1C. The highest BCUT2D eigenvalue weighted by Crippen LogP contribution is 2.14. The summed E-state index contributed by atoms with van der Waals surface area (Å²) in [5.74, 6) is 0.772. The number of hydrogen-bond acceptors (Lipinski definition) is 1. The zero-order valence-electron chi connectivity index (χ0n) is 13.9. The first kappa shape index (κ1) is 16.2. The molecule has 0 radical (unpaired) electrons. The van der Waals surface area contributed by atoms with Gasteiger partial charge in [-0.25, -0.2) is 4.99 Å². The Kier molecular flexibility index (Phi) is 5.65. The largest absolute Gasteiger partial charge is 0.270 e. The van der Waals surface area contributed by atoms with Crippen molar-refractivity contribution in [2.24, 2.45) is 9.98 Å². The van der Waals surface area contributed by atoms with E-state index in [0.29, 0.717) is 0 Å². The Bertz CT molecular complexity index is 682. The lowest BCUT2D eigenvalue weighted by atomic mass is 10.00. The summed E-state index contributed by atoms with van der Waals surface area (Å²) in [7, 11) is 1.79. The molecule has 2 aromatic carbocycles. The van der Waals surface area contributed by atoms with Crippen LogP contribution in [0.4, 0.5) is 0 Å². The zero-order chi connectivity index (χ0) is 15.9. The van der Waals surface area contributed by atoms with Gasteiger partial charge >= 0.3 is 0 Å². The fraction of sp³-hybridized carbons (Fsp3) is 0.300. The molecule has 0 saturated heterocycles. The number of amidine groups is 1. The Hall–Kier alpha value is -2.22. The topological polar surface area (TPSA) is 24.7 Å². The summed E-state index contributed by atoms with van der Waals surface area (Å²) in [4.78, 5) is 9.04. The van der Waals surface area contributed by atoms with Gasteiger partial charge in [0.1, 0.15) is 0 Å². The van der Waals surface area contributed by atoms with E-state index in [1.54, 1.807) is 7.05 Å². The van der Waals surface area contributed by atoms with Gasteiger partial charge in [0.15, 0.2) is 5.84 Å². The molecular weight excluding hydrogens is 268 g/mol. The molecular formula is C20H24N2. The van der Waals surface area contributed by atoms with Gasteiger partial charge < -0.3 is 0 Å². The van der Waals surface area contributed by atoms with Gasteiger partial charge in [-0.3, -0.25) is 4.99 Å². The molecule has 0 atom stereocenters. The second-order valence-corrected chi connectivity index (χ2v) is 5.50. The van der Waals surface area contributed by atoms with Crippen molar-refractivity contribution < 1.29 is 0 Å². The van der Waals surface area contributed by atoms with Gasteiger partial charge in [-0.15, -0.1) is 0 Å². The molecule has 0 N–H and O–H groups in total. The van der Waals surface area contributed by atoms with E-state index in [0.717, 1.165) is 29.1 Å². The third-order valence-corrected chi connectivity index (χ3v) is 3.80. The molecule has 2 rings (SSSR count). The fourth-order valence-electron chi connectivity index (χ4n) is 2.53. The number of nitrogens with zero attached hydrogens (tertiary/aromatic N) is 2. The van der Waals surface area contributed by atoms with Crippen LogP contribution in [0.25, 0.3) is 0 Å². The molecule has 0 aliphatic rings. The van der Waals surface area contributed by atoms with Crippen molar-refractivity contribution in [1.82, 2.24) is 0 Å². The molecule has 2 aromatic rings. The maximum atomic E-state index is 4.72. The van der Waals surface area contributed by atoms with Crippen molar-refractivity contribution in [3.8, 4) is 0 Å². The van der Waals surface area contributed by atoms with Crippen molar-refractivity contribution in [3.63, 3.8) is 0 Å². The van der Waals surface area contributed by atoms with E-state index in [-0.39, 0.29) is 0 Å². The van der Waals surface area contributed by atoms with Gasteiger partial charge in [-0.05, 0) is 43.0 Å². The maximum Gasteiger partial charge on any atom is 0.154 e. The Morgan fingerprint density at radius 1 is 1.00 bits per heavy atom. The fourth-order valence-corrected chi connectivity index (χ4v) is 2.53. The van der Waals surface area contributed by atoms with Crippen molar-refractivity contribution >= 4 is 11.5 Å². The molecule has 2 nitrogen and oxygen atoms in total. The monoisotopic (exact) mass is 292 g/mol. The first-order valence-corrected chi connectivity index (χ1v) is 7.83. The molecule has 0 heterocycles. The lowest BCUT2D eigenvalue weighted by Gasteiger charge is -2.08. The molecule has 22 heavy (non-hydrogen) atoms. The van der Waals surface area contributed by atoms with E-state index in [1.807, 2.05) is 37.3 Å². The number of aryl methyl sites for hydroxylation is 2. The lowest BCUT2D eigenvalue weighted by Crippen LogP contribution is -2.04. The summed E-state index contributed by atoms with van der Waals surface area (Å²) in [5.41, 5.74) is 5.96. The van der Waals surface area contributed by atoms with Crippen LogP contribution in [-0.4, -0.2) is 18.6 Å². The van der Waals surface area contributed by atoms with Crippen LogP contribution in [0.5, 0.6) is 0 Å². The Morgan fingerprint density at radius 3 is 2.32 bits per heavy atom. The van der Waals surface area contributed by atoms with Crippen molar-refractivity contribution in [1.29, 1.82) is 0 Å². The van der Waals surface area contributed by atoms with Gasteiger partial charge in [-0.1, -0.05) is 55.8 Å². The van der Waals surface area contributed by atoms with Crippen molar-refractivity contribution in [2.45, 2.75) is 33.6 Å². The van der Waals surface area contributed by atoms with Crippen LogP contribution >= 0.6 is 0 Å². The molecule has 0 fully saturated rings. The Morgan fingerprint density at radius 2 is 1.73 bits per heavy atom. The predicted octanol–water partition coefficient (Wildman–Crippen LogP) is 4.83. The molecule has 0 bridgehead atoms. The molecule has 0 aliphatic heterocycles. The van der Waals surface area contributed by atoms with Gasteiger partial charge in [0.2, 0.25) is 0 Å². The number of aliphatic imine (C=N–C) groups is 2. The van der Waals surface area contributed by atoms with Crippen molar-refractivity contribution in [2.75, 3.05) is 7.05 Å². The van der Waals surface area contributed by atoms with Crippen LogP contribution in [0.15, 0.2) is 58.5 Å². The molecule has 0 amide bonds. The summed E-state index contributed by atoms with van der Waals surface area (Å²) in [6, 6.07) is 16.7. The highest BCUT2D eigenvalue weighted by molar-refractivity contribution is 6.11. The van der Waals surface area contributed by atoms with Crippen LogP contribution in [0.2, 0.25) is 0 Å². The average Bonchev–Trinajstić information content (AvgIpc) is 2.55. The van der Waals surface area contributed by atoms with Crippen LogP contribution in [0.1, 0.15) is 42.5 Å². The van der Waals surface area contributed by atoms with Gasteiger partial charge in [0, 0.05) is 18.3 Å². The number of hydrogen-bond donors (Lipinski definition) is 0. The summed E-state index contributed by atoms with van der Waals surface area (Å²) in [6.07, 6.45) is 2.31. The van der Waals surface area contributed by atoms with E-state index in [4.69, 9.17) is 4.99 Å². The van der Waals surface area contributed by atoms with Gasteiger partial charge in [-0.2, -0.15) is 0 Å². The van der Waals surface area contributed by atoms with E-state index in [9.17, 15) is 0 Å². The second-order valence-electron chi connectivity index (χ2n) is 5.50. The third kappa shape index (κ3) is 3.91. The summed E-state index contributed by atoms with van der Waals surface area (Å²) in [6.45, 7) is 6.43. The zero-order valence-corrected chi connectivity index (χ0v) is 13.9. The van der Waals surface area contributed by atoms with E-state index < -0.39 is 0 Å². The molecule has 0 unspecified atom stereocenters. The predicted molar refractivity (Wildman–Crippen MR) is 96.3 cm³/mol. The molecule has 114 valence electrons. The summed E-state index contributed by atoms with van der Waals surface area (Å²) in [5, 5.41) is 0. The smallest absolute Gasteiger partial charge is 0.154 e. The van der Waals surface area contributed by atoms with E-state index >= 15 is 0 Å². The quantitative estimate of drug-likeness (QED) is 0.569. The highest BCUT2D eigenvalue weighted by atomic mass is 14.9. The highest BCUT2D eigenvalue weighted by Gasteiger charge is 2.05. The molecule has 0 spiro atoms. The normalized spacial score (nSPS) is 12.5. The minimum atomic E-state index is 0.772. The summed E-state index contributed by atoms with van der Waals surface area (Å²) < 4.78 is 0. The van der Waals surface area contributed by atoms with Crippen molar-refractivity contribution in [3.05, 3.63) is 70.8 Å². The van der Waals surface area contributed by atoms with Crippen LogP contribution in [-0.2, 0) is 6.42 Å². The van der Waals surface area contributed by atoms with Crippen LogP contribution < -0.4 is 0 Å². The minimum Gasteiger partial charge on any atom is -0.270 e. The third-order valence-electron chi connectivity index (χ3n) is 3.80. The Labute approximate surface area is 133 Å². The Balaban J connectivity index is 2.30. The second kappa shape index (κ2) is 7.69. The van der Waals surface area contributed by atoms with Crippen LogP contribution in [0, 0.1) is 6.92 Å². The standard InChI is InChI=1S/C20H24N2/c1-5-9-17-12-13-19(14-15(17)2)16(3)22-20(21-4)18-10-7-6-8-11-18/h6-8,10-14H,5,9H2,1-4H3. The average molecular weight is 292 g/mol. The summed E-state index contributed by atoms with van der Waals surface area (Å²) >= 11 is 0. The van der Waals surface area contributed by atoms with Gasteiger partial charge in [0.05, 0.1) is 0 Å². The molecule has 0 aliphatic carbocycles. The molecule has 2 heteroatoms. The first-order chi connectivity index (χ1) is 10.7. The first-order valence-electron chi connectivity index (χ1n) is 7.83. The lowest BCUT2D eigenvalue weighted by molar-refractivity contribution is 0.912.